The van der Waals surface area contributed by atoms with Gasteiger partial charge in [-0.2, -0.15) is 5.26 Å². The first kappa shape index (κ1) is 16.5. The molecule has 0 saturated heterocycles. The molecule has 1 aromatic carbocycles. The van der Waals surface area contributed by atoms with E-state index in [4.69, 9.17) is 4.74 Å². The Labute approximate surface area is 139 Å². The van der Waals surface area contributed by atoms with Gasteiger partial charge >= 0.3 is 5.97 Å². The zero-order valence-corrected chi connectivity index (χ0v) is 13.6. The van der Waals surface area contributed by atoms with Gasteiger partial charge in [0.25, 0.3) is 0 Å². The molecular formula is C18H19FN2O3. The molecule has 0 radical (unpaired) electrons. The predicted octanol–water partition coefficient (Wildman–Crippen LogP) is 3.47. The number of carboxylic acids is 1. The monoisotopic (exact) mass is 330 g/mol. The van der Waals surface area contributed by atoms with Crippen LogP contribution in [0.4, 0.5) is 4.39 Å². The summed E-state index contributed by atoms with van der Waals surface area (Å²) in [5, 5.41) is 19.3. The van der Waals surface area contributed by atoms with Crippen LogP contribution in [0.15, 0.2) is 12.1 Å². The molecule has 0 saturated carbocycles. The lowest BCUT2D eigenvalue weighted by Crippen LogP contribution is -2.43. The number of carbonyl (C=O) groups is 1. The molecule has 2 heterocycles. The maximum atomic E-state index is 14.3. The highest BCUT2D eigenvalue weighted by Gasteiger charge is 2.46. The van der Waals surface area contributed by atoms with E-state index in [1.165, 1.54) is 12.1 Å². The number of carboxylic acid groups (broad SMARTS) is 1. The molecule has 2 atom stereocenters. The van der Waals surface area contributed by atoms with Crippen molar-refractivity contribution in [2.75, 3.05) is 6.61 Å². The van der Waals surface area contributed by atoms with Crippen molar-refractivity contribution in [1.29, 1.82) is 5.26 Å². The Balaban J connectivity index is 2.34. The summed E-state index contributed by atoms with van der Waals surface area (Å²) in [6.45, 7) is 4.25. The molecule has 1 aliphatic rings. The van der Waals surface area contributed by atoms with Gasteiger partial charge in [-0.3, -0.25) is 4.79 Å². The van der Waals surface area contributed by atoms with Gasteiger partial charge < -0.3 is 14.8 Å². The minimum absolute atomic E-state index is 0.0747. The van der Waals surface area contributed by atoms with Crippen LogP contribution in [0.25, 0.3) is 10.9 Å². The lowest BCUT2D eigenvalue weighted by atomic mass is 9.77. The van der Waals surface area contributed by atoms with Crippen LogP contribution in [0.1, 0.15) is 43.5 Å². The van der Waals surface area contributed by atoms with Crippen LogP contribution >= 0.6 is 0 Å². The van der Waals surface area contributed by atoms with Crippen LogP contribution in [-0.4, -0.2) is 22.7 Å². The second-order valence-corrected chi connectivity index (χ2v) is 6.30. The van der Waals surface area contributed by atoms with Crippen molar-refractivity contribution in [2.24, 2.45) is 5.92 Å². The summed E-state index contributed by atoms with van der Waals surface area (Å²) < 4.78 is 20.3. The van der Waals surface area contributed by atoms with E-state index in [-0.39, 0.29) is 17.9 Å². The molecule has 126 valence electrons. The second-order valence-electron chi connectivity index (χ2n) is 6.30. The maximum Gasteiger partial charge on any atom is 0.306 e. The van der Waals surface area contributed by atoms with Gasteiger partial charge in [0.05, 0.1) is 35.9 Å². The zero-order valence-electron chi connectivity index (χ0n) is 13.6. The summed E-state index contributed by atoms with van der Waals surface area (Å²) in [4.78, 5) is 14.5. The summed E-state index contributed by atoms with van der Waals surface area (Å²) in [6, 6.07) is 4.82. The number of nitrogens with zero attached hydrogens (tertiary/aromatic N) is 1. The lowest BCUT2D eigenvalue weighted by Gasteiger charge is -2.40. The maximum absolute atomic E-state index is 14.3. The molecule has 0 fully saturated rings. The normalized spacial score (nSPS) is 21.2. The molecule has 1 aliphatic heterocycles. The third kappa shape index (κ3) is 2.28. The number of nitriles is 1. The van der Waals surface area contributed by atoms with Crippen LogP contribution in [0.2, 0.25) is 0 Å². The van der Waals surface area contributed by atoms with Gasteiger partial charge in [0.15, 0.2) is 0 Å². The van der Waals surface area contributed by atoms with Gasteiger partial charge in [-0.05, 0) is 30.0 Å². The Morgan fingerprint density at radius 2 is 2.33 bits per heavy atom. The fourth-order valence-corrected chi connectivity index (χ4v) is 3.71. The largest absolute Gasteiger partial charge is 0.481 e. The molecule has 3 rings (SSSR count). The Morgan fingerprint density at radius 3 is 2.96 bits per heavy atom. The van der Waals surface area contributed by atoms with E-state index in [9.17, 15) is 19.6 Å². The first-order chi connectivity index (χ1) is 11.4. The fourth-order valence-electron chi connectivity index (χ4n) is 3.71. The van der Waals surface area contributed by atoms with Crippen molar-refractivity contribution in [1.82, 2.24) is 4.98 Å². The number of nitrogens with one attached hydrogen (secondary N) is 1. The molecule has 1 aromatic heterocycles. The van der Waals surface area contributed by atoms with Crippen molar-refractivity contribution in [3.05, 3.63) is 34.8 Å². The summed E-state index contributed by atoms with van der Waals surface area (Å²) in [5.41, 5.74) is 1.00. The average Bonchev–Trinajstić information content (AvgIpc) is 2.96. The van der Waals surface area contributed by atoms with E-state index in [0.29, 0.717) is 29.7 Å². The topological polar surface area (TPSA) is 86.1 Å². The number of aliphatic carboxylic acids is 1. The number of H-pyrrole nitrogens is 1. The van der Waals surface area contributed by atoms with Gasteiger partial charge in [-0.1, -0.05) is 20.3 Å². The van der Waals surface area contributed by atoms with Crippen molar-refractivity contribution >= 4 is 16.9 Å². The Bertz CT molecular complexity index is 852. The standard InChI is InChI=1S/C18H19FN2O3/c1-3-10(2)18(8-14(22)23)17-12(6-7-24-18)15-11(9-20)4-5-13(19)16(15)21-17/h4-5,10,21H,3,6-8H2,1-2H3,(H,22,23). The number of benzene rings is 1. The summed E-state index contributed by atoms with van der Waals surface area (Å²) >= 11 is 0. The number of hydrogen-bond acceptors (Lipinski definition) is 3. The van der Waals surface area contributed by atoms with Gasteiger partial charge in [-0.15, -0.1) is 0 Å². The molecule has 2 unspecified atom stereocenters. The average molecular weight is 330 g/mol. The molecule has 2 N–H and O–H groups in total. The third-order valence-corrected chi connectivity index (χ3v) is 5.09. The molecule has 0 bridgehead atoms. The number of hydrogen-bond donors (Lipinski definition) is 2. The molecule has 2 aromatic rings. The van der Waals surface area contributed by atoms with E-state index >= 15 is 0 Å². The van der Waals surface area contributed by atoms with Crippen molar-refractivity contribution < 1.29 is 19.0 Å². The van der Waals surface area contributed by atoms with E-state index in [2.05, 4.69) is 11.1 Å². The van der Waals surface area contributed by atoms with Crippen LogP contribution < -0.4 is 0 Å². The van der Waals surface area contributed by atoms with Crippen molar-refractivity contribution in [2.45, 2.75) is 38.7 Å². The fraction of sp³-hybridized carbons (Fsp3) is 0.444. The number of aromatic amines is 1. The van der Waals surface area contributed by atoms with Crippen molar-refractivity contribution in [3.8, 4) is 6.07 Å². The van der Waals surface area contributed by atoms with E-state index in [1.54, 1.807) is 0 Å². The van der Waals surface area contributed by atoms with E-state index in [0.717, 1.165) is 12.0 Å². The highest BCUT2D eigenvalue weighted by molar-refractivity contribution is 5.91. The number of fused-ring (bicyclic) bond motifs is 3. The lowest BCUT2D eigenvalue weighted by molar-refractivity contribution is -0.155. The molecule has 24 heavy (non-hydrogen) atoms. The quantitative estimate of drug-likeness (QED) is 0.899. The Morgan fingerprint density at radius 1 is 1.58 bits per heavy atom. The predicted molar refractivity (Wildman–Crippen MR) is 86.0 cm³/mol. The van der Waals surface area contributed by atoms with Crippen LogP contribution in [0, 0.1) is 23.1 Å². The number of rotatable bonds is 4. The zero-order chi connectivity index (χ0) is 17.5. The van der Waals surface area contributed by atoms with Gasteiger partial charge in [0, 0.05) is 5.39 Å². The highest BCUT2D eigenvalue weighted by Crippen LogP contribution is 2.46. The van der Waals surface area contributed by atoms with Crippen LogP contribution in [-0.2, 0) is 21.6 Å². The molecule has 5 nitrogen and oxygen atoms in total. The second kappa shape index (κ2) is 5.91. The number of halogens is 1. The summed E-state index contributed by atoms with van der Waals surface area (Å²) in [5.74, 6) is -1.50. The Hall–Kier alpha value is -2.39. The van der Waals surface area contributed by atoms with Gasteiger partial charge in [0.2, 0.25) is 0 Å². The minimum Gasteiger partial charge on any atom is -0.481 e. The van der Waals surface area contributed by atoms with Gasteiger partial charge in [0.1, 0.15) is 11.4 Å². The van der Waals surface area contributed by atoms with Crippen LogP contribution in [0.5, 0.6) is 0 Å². The van der Waals surface area contributed by atoms with Crippen LogP contribution in [0.3, 0.4) is 0 Å². The number of ether oxygens (including phenoxy) is 1. The van der Waals surface area contributed by atoms with E-state index < -0.39 is 17.4 Å². The Kier molecular flexibility index (Phi) is 4.06. The molecule has 0 aliphatic carbocycles. The smallest absolute Gasteiger partial charge is 0.306 e. The summed E-state index contributed by atoms with van der Waals surface area (Å²) in [7, 11) is 0. The first-order valence-electron chi connectivity index (χ1n) is 8.04. The van der Waals surface area contributed by atoms with Crippen molar-refractivity contribution in [3.63, 3.8) is 0 Å². The number of aromatic nitrogens is 1. The summed E-state index contributed by atoms with van der Waals surface area (Å²) in [6.07, 6.45) is 1.03. The van der Waals surface area contributed by atoms with Gasteiger partial charge in [-0.25, -0.2) is 4.39 Å². The molecule has 6 heteroatoms. The SMILES string of the molecule is CCC(C)C1(CC(=O)O)OCCc2c1[nH]c1c(F)ccc(C#N)c21. The minimum atomic E-state index is -1.04. The first-order valence-corrected chi connectivity index (χ1v) is 8.04. The third-order valence-electron chi connectivity index (χ3n) is 5.09. The highest BCUT2D eigenvalue weighted by atomic mass is 19.1. The molecule has 0 spiro atoms. The molecule has 0 amide bonds. The molecular weight excluding hydrogens is 311 g/mol. The van der Waals surface area contributed by atoms with E-state index in [1.807, 2.05) is 13.8 Å².